The van der Waals surface area contributed by atoms with Crippen molar-refractivity contribution in [2.75, 3.05) is 17.7 Å². The third kappa shape index (κ3) is 1.40. The third-order valence-electron chi connectivity index (χ3n) is 3.26. The lowest BCUT2D eigenvalue weighted by Gasteiger charge is -2.20. The summed E-state index contributed by atoms with van der Waals surface area (Å²) in [6.07, 6.45) is 4.40. The van der Waals surface area contributed by atoms with Crippen LogP contribution in [0, 0.1) is 0 Å². The quantitative estimate of drug-likeness (QED) is 0.779. The van der Waals surface area contributed by atoms with E-state index in [4.69, 9.17) is 5.73 Å². The standard InChI is InChI=1S/C13H15N3/c1-16(9-4-5-9)12-7-6-11(14)10-3-2-8-15-13(10)12/h2-3,6-9H,4-5,14H2,1H3. The number of nitrogen functional groups attached to an aromatic ring is 1. The molecule has 0 saturated heterocycles. The normalized spacial score (nSPS) is 15.3. The number of nitrogens with zero attached hydrogens (tertiary/aromatic N) is 2. The van der Waals surface area contributed by atoms with E-state index in [9.17, 15) is 0 Å². The Morgan fingerprint density at radius 1 is 1.31 bits per heavy atom. The van der Waals surface area contributed by atoms with Gasteiger partial charge in [0.15, 0.2) is 0 Å². The predicted octanol–water partition coefficient (Wildman–Crippen LogP) is 2.42. The first-order valence-corrected chi connectivity index (χ1v) is 5.63. The van der Waals surface area contributed by atoms with Gasteiger partial charge in [0.1, 0.15) is 0 Å². The van der Waals surface area contributed by atoms with Gasteiger partial charge in [0.25, 0.3) is 0 Å². The number of fused-ring (bicyclic) bond motifs is 1. The van der Waals surface area contributed by atoms with Crippen LogP contribution in [0.2, 0.25) is 0 Å². The molecule has 0 spiro atoms. The summed E-state index contributed by atoms with van der Waals surface area (Å²) >= 11 is 0. The van der Waals surface area contributed by atoms with Crippen molar-refractivity contribution < 1.29 is 0 Å². The monoisotopic (exact) mass is 213 g/mol. The molecule has 1 saturated carbocycles. The van der Waals surface area contributed by atoms with Crippen molar-refractivity contribution in [1.82, 2.24) is 4.98 Å². The number of hydrogen-bond donors (Lipinski definition) is 1. The Morgan fingerprint density at radius 3 is 2.88 bits per heavy atom. The molecule has 0 aliphatic heterocycles. The maximum atomic E-state index is 5.96. The molecule has 82 valence electrons. The van der Waals surface area contributed by atoms with E-state index in [1.54, 1.807) is 0 Å². The summed E-state index contributed by atoms with van der Waals surface area (Å²) in [5.74, 6) is 0. The molecule has 0 radical (unpaired) electrons. The van der Waals surface area contributed by atoms with E-state index >= 15 is 0 Å². The minimum absolute atomic E-state index is 0.689. The van der Waals surface area contributed by atoms with Crippen molar-refractivity contribution in [3.8, 4) is 0 Å². The molecule has 1 aliphatic carbocycles. The third-order valence-corrected chi connectivity index (χ3v) is 3.26. The largest absolute Gasteiger partial charge is 0.398 e. The maximum absolute atomic E-state index is 5.96. The topological polar surface area (TPSA) is 42.1 Å². The van der Waals surface area contributed by atoms with Crippen LogP contribution in [-0.2, 0) is 0 Å². The molecule has 16 heavy (non-hydrogen) atoms. The summed E-state index contributed by atoms with van der Waals surface area (Å²) in [7, 11) is 2.14. The fourth-order valence-corrected chi connectivity index (χ4v) is 2.12. The molecular formula is C13H15N3. The number of anilines is 2. The minimum Gasteiger partial charge on any atom is -0.398 e. The molecule has 2 aromatic rings. The Morgan fingerprint density at radius 2 is 2.12 bits per heavy atom. The Labute approximate surface area is 94.9 Å². The van der Waals surface area contributed by atoms with Crippen molar-refractivity contribution in [2.45, 2.75) is 18.9 Å². The smallest absolute Gasteiger partial charge is 0.0955 e. The highest BCUT2D eigenvalue weighted by Gasteiger charge is 2.27. The van der Waals surface area contributed by atoms with Gasteiger partial charge in [-0.05, 0) is 37.1 Å². The van der Waals surface area contributed by atoms with Gasteiger partial charge in [-0.25, -0.2) is 0 Å². The number of hydrogen-bond acceptors (Lipinski definition) is 3. The zero-order chi connectivity index (χ0) is 11.1. The highest BCUT2D eigenvalue weighted by atomic mass is 15.2. The Balaban J connectivity index is 2.20. The Hall–Kier alpha value is -1.77. The van der Waals surface area contributed by atoms with Crippen LogP contribution in [0.15, 0.2) is 30.5 Å². The lowest BCUT2D eigenvalue weighted by molar-refractivity contribution is 0.920. The van der Waals surface area contributed by atoms with Crippen molar-refractivity contribution in [3.63, 3.8) is 0 Å². The number of pyridine rings is 1. The molecule has 2 N–H and O–H groups in total. The van der Waals surface area contributed by atoms with E-state index in [1.807, 2.05) is 24.4 Å². The first-order chi connectivity index (χ1) is 7.77. The van der Waals surface area contributed by atoms with Crippen molar-refractivity contribution >= 4 is 22.3 Å². The van der Waals surface area contributed by atoms with Crippen LogP contribution in [0.1, 0.15) is 12.8 Å². The molecule has 0 atom stereocenters. The van der Waals surface area contributed by atoms with Gasteiger partial charge in [-0.2, -0.15) is 0 Å². The van der Waals surface area contributed by atoms with Crippen LogP contribution in [0.25, 0.3) is 10.9 Å². The zero-order valence-electron chi connectivity index (χ0n) is 9.35. The average Bonchev–Trinajstić information content (AvgIpc) is 3.13. The van der Waals surface area contributed by atoms with Crippen LogP contribution in [0.4, 0.5) is 11.4 Å². The molecule has 0 bridgehead atoms. The molecule has 1 fully saturated rings. The molecular weight excluding hydrogens is 198 g/mol. The van der Waals surface area contributed by atoms with E-state index in [2.05, 4.69) is 23.0 Å². The van der Waals surface area contributed by atoms with E-state index in [1.165, 1.54) is 18.5 Å². The molecule has 1 aromatic carbocycles. The number of benzene rings is 1. The minimum atomic E-state index is 0.689. The first kappa shape index (κ1) is 9.46. The van der Waals surface area contributed by atoms with E-state index in [0.717, 1.165) is 16.6 Å². The van der Waals surface area contributed by atoms with Gasteiger partial charge in [-0.3, -0.25) is 4.98 Å². The number of nitrogens with two attached hydrogens (primary N) is 1. The summed E-state index contributed by atoms with van der Waals surface area (Å²) in [6, 6.07) is 8.69. The molecule has 3 rings (SSSR count). The van der Waals surface area contributed by atoms with Gasteiger partial charge in [0.2, 0.25) is 0 Å². The Kier molecular flexibility index (Phi) is 1.99. The summed E-state index contributed by atoms with van der Waals surface area (Å²) in [5.41, 5.74) is 8.96. The molecule has 1 heterocycles. The second-order valence-corrected chi connectivity index (χ2v) is 4.42. The van der Waals surface area contributed by atoms with Crippen LogP contribution in [0.5, 0.6) is 0 Å². The van der Waals surface area contributed by atoms with Gasteiger partial charge in [0.05, 0.1) is 11.2 Å². The lowest BCUT2D eigenvalue weighted by atomic mass is 10.1. The number of rotatable bonds is 2. The van der Waals surface area contributed by atoms with Crippen LogP contribution >= 0.6 is 0 Å². The van der Waals surface area contributed by atoms with Gasteiger partial charge in [0, 0.05) is 30.4 Å². The maximum Gasteiger partial charge on any atom is 0.0955 e. The molecule has 0 amide bonds. The van der Waals surface area contributed by atoms with Gasteiger partial charge in [-0.15, -0.1) is 0 Å². The second kappa shape index (κ2) is 3.37. The van der Waals surface area contributed by atoms with Crippen LogP contribution in [-0.4, -0.2) is 18.1 Å². The molecule has 0 unspecified atom stereocenters. The van der Waals surface area contributed by atoms with Crippen LogP contribution in [0.3, 0.4) is 0 Å². The average molecular weight is 213 g/mol. The first-order valence-electron chi connectivity index (χ1n) is 5.63. The predicted molar refractivity (Wildman–Crippen MR) is 67.6 cm³/mol. The van der Waals surface area contributed by atoms with Crippen molar-refractivity contribution in [3.05, 3.63) is 30.5 Å². The summed E-state index contributed by atoms with van der Waals surface area (Å²) in [4.78, 5) is 6.77. The SMILES string of the molecule is CN(c1ccc(N)c2cccnc12)C1CC1. The second-order valence-electron chi connectivity index (χ2n) is 4.42. The summed E-state index contributed by atoms with van der Waals surface area (Å²) < 4.78 is 0. The Bertz CT molecular complexity index is 532. The summed E-state index contributed by atoms with van der Waals surface area (Å²) in [5, 5.41) is 1.05. The molecule has 1 aromatic heterocycles. The zero-order valence-corrected chi connectivity index (χ0v) is 9.35. The summed E-state index contributed by atoms with van der Waals surface area (Å²) in [6.45, 7) is 0. The van der Waals surface area contributed by atoms with Crippen molar-refractivity contribution in [2.24, 2.45) is 0 Å². The lowest BCUT2D eigenvalue weighted by Crippen LogP contribution is -2.19. The van der Waals surface area contributed by atoms with Crippen molar-refractivity contribution in [1.29, 1.82) is 0 Å². The van der Waals surface area contributed by atoms with E-state index in [0.29, 0.717) is 6.04 Å². The van der Waals surface area contributed by atoms with Gasteiger partial charge >= 0.3 is 0 Å². The van der Waals surface area contributed by atoms with Crippen LogP contribution < -0.4 is 10.6 Å². The highest BCUT2D eigenvalue weighted by molar-refractivity contribution is 5.98. The van der Waals surface area contributed by atoms with E-state index in [-0.39, 0.29) is 0 Å². The fourth-order valence-electron chi connectivity index (χ4n) is 2.12. The van der Waals surface area contributed by atoms with E-state index < -0.39 is 0 Å². The van der Waals surface area contributed by atoms with Gasteiger partial charge < -0.3 is 10.6 Å². The molecule has 1 aliphatic rings. The van der Waals surface area contributed by atoms with Gasteiger partial charge in [-0.1, -0.05) is 0 Å². The fraction of sp³-hybridized carbons (Fsp3) is 0.308. The molecule has 3 heteroatoms. The highest BCUT2D eigenvalue weighted by Crippen LogP contribution is 2.35. The number of aromatic nitrogens is 1. The molecule has 3 nitrogen and oxygen atoms in total.